The van der Waals surface area contributed by atoms with Gasteiger partial charge in [0.15, 0.2) is 0 Å². The number of carbonyl (C=O) groups is 1. The maximum atomic E-state index is 12.1. The second kappa shape index (κ2) is 7.61. The molecule has 2 aromatic heterocycles. The van der Waals surface area contributed by atoms with Gasteiger partial charge in [0.1, 0.15) is 0 Å². The molecule has 0 unspecified atom stereocenters. The molecule has 0 bridgehead atoms. The lowest BCUT2D eigenvalue weighted by Crippen LogP contribution is -2.25. The number of amides is 1. The van der Waals surface area contributed by atoms with Gasteiger partial charge in [0, 0.05) is 12.2 Å². The van der Waals surface area contributed by atoms with Gasteiger partial charge < -0.3 is 11.2 Å². The highest BCUT2D eigenvalue weighted by atomic mass is 32.2. The van der Waals surface area contributed by atoms with Gasteiger partial charge >= 0.3 is 0 Å². The molecule has 3 rings (SSSR count). The van der Waals surface area contributed by atoms with Crippen molar-refractivity contribution in [3.05, 3.63) is 52.8 Å². The average Bonchev–Trinajstić information content (AvgIpc) is 3.13. The SMILES string of the molecule is Cc1ccc(CNC(=O)CSc2nnc(-n3nc(C)cc3C)n2N)cc1. The van der Waals surface area contributed by atoms with Crippen LogP contribution in [-0.2, 0) is 11.3 Å². The van der Waals surface area contributed by atoms with E-state index < -0.39 is 0 Å². The molecule has 0 aliphatic carbocycles. The van der Waals surface area contributed by atoms with E-state index in [4.69, 9.17) is 5.84 Å². The third-order valence-electron chi connectivity index (χ3n) is 3.79. The molecule has 0 fully saturated rings. The number of nitrogens with one attached hydrogen (secondary N) is 1. The van der Waals surface area contributed by atoms with Gasteiger partial charge in [0.25, 0.3) is 5.95 Å². The van der Waals surface area contributed by atoms with Gasteiger partial charge in [-0.1, -0.05) is 41.6 Å². The van der Waals surface area contributed by atoms with Crippen LogP contribution in [0.3, 0.4) is 0 Å². The molecule has 0 radical (unpaired) electrons. The quantitative estimate of drug-likeness (QED) is 0.503. The van der Waals surface area contributed by atoms with Crippen molar-refractivity contribution in [2.75, 3.05) is 11.6 Å². The molecule has 3 N–H and O–H groups in total. The number of carbonyl (C=O) groups excluding carboxylic acids is 1. The van der Waals surface area contributed by atoms with Crippen LogP contribution in [0.2, 0.25) is 0 Å². The monoisotopic (exact) mass is 371 g/mol. The van der Waals surface area contributed by atoms with E-state index in [9.17, 15) is 4.79 Å². The van der Waals surface area contributed by atoms with Crippen LogP contribution in [0.1, 0.15) is 22.5 Å². The van der Waals surface area contributed by atoms with Crippen molar-refractivity contribution in [1.82, 2.24) is 30.0 Å². The highest BCUT2D eigenvalue weighted by Crippen LogP contribution is 2.17. The first-order chi connectivity index (χ1) is 12.4. The molecule has 8 nitrogen and oxygen atoms in total. The lowest BCUT2D eigenvalue weighted by Gasteiger charge is -2.06. The zero-order valence-electron chi connectivity index (χ0n) is 14.9. The fourth-order valence-corrected chi connectivity index (χ4v) is 3.11. The van der Waals surface area contributed by atoms with Crippen molar-refractivity contribution in [3.63, 3.8) is 0 Å². The smallest absolute Gasteiger partial charge is 0.271 e. The predicted molar refractivity (Wildman–Crippen MR) is 101 cm³/mol. The molecule has 0 atom stereocenters. The predicted octanol–water partition coefficient (Wildman–Crippen LogP) is 1.51. The number of hydrogen-bond acceptors (Lipinski definition) is 6. The molecule has 1 amide bonds. The third-order valence-corrected chi connectivity index (χ3v) is 4.73. The molecular weight excluding hydrogens is 350 g/mol. The molecule has 3 aromatic rings. The topological polar surface area (TPSA) is 104 Å². The summed E-state index contributed by atoms with van der Waals surface area (Å²) in [7, 11) is 0. The first kappa shape index (κ1) is 18.0. The van der Waals surface area contributed by atoms with Crippen LogP contribution < -0.4 is 11.2 Å². The van der Waals surface area contributed by atoms with E-state index in [-0.39, 0.29) is 11.7 Å². The minimum absolute atomic E-state index is 0.0914. The van der Waals surface area contributed by atoms with Crippen molar-refractivity contribution in [3.8, 4) is 5.95 Å². The summed E-state index contributed by atoms with van der Waals surface area (Å²) in [5, 5.41) is 15.8. The van der Waals surface area contributed by atoms with Gasteiger partial charge in [-0.2, -0.15) is 5.10 Å². The van der Waals surface area contributed by atoms with Gasteiger partial charge in [0.2, 0.25) is 11.1 Å². The summed E-state index contributed by atoms with van der Waals surface area (Å²) in [5.41, 5.74) is 4.03. The van der Waals surface area contributed by atoms with Crippen molar-refractivity contribution >= 4 is 17.7 Å². The number of rotatable bonds is 6. The molecule has 26 heavy (non-hydrogen) atoms. The van der Waals surface area contributed by atoms with Crippen LogP contribution in [0.4, 0.5) is 0 Å². The number of nitrogens with two attached hydrogens (primary N) is 1. The number of aryl methyl sites for hydroxylation is 3. The molecule has 1 aromatic carbocycles. The molecule has 9 heteroatoms. The van der Waals surface area contributed by atoms with Crippen molar-refractivity contribution in [2.24, 2.45) is 0 Å². The Labute approximate surface area is 155 Å². The molecule has 0 aliphatic heterocycles. The van der Waals surface area contributed by atoms with E-state index in [1.807, 2.05) is 51.1 Å². The molecule has 0 spiro atoms. The summed E-state index contributed by atoms with van der Waals surface area (Å²) in [5.74, 6) is 6.59. The van der Waals surface area contributed by atoms with Crippen molar-refractivity contribution in [1.29, 1.82) is 0 Å². The molecule has 0 saturated heterocycles. The summed E-state index contributed by atoms with van der Waals surface area (Å²) in [6.45, 7) is 6.34. The van der Waals surface area contributed by atoms with Crippen LogP contribution in [-0.4, -0.2) is 36.3 Å². The van der Waals surface area contributed by atoms with Crippen molar-refractivity contribution in [2.45, 2.75) is 32.5 Å². The lowest BCUT2D eigenvalue weighted by molar-refractivity contribution is -0.118. The number of thioether (sulfide) groups is 1. The fourth-order valence-electron chi connectivity index (χ4n) is 2.43. The maximum absolute atomic E-state index is 12.1. The van der Waals surface area contributed by atoms with E-state index in [0.717, 1.165) is 17.0 Å². The van der Waals surface area contributed by atoms with Crippen molar-refractivity contribution < 1.29 is 4.79 Å². The summed E-state index contributed by atoms with van der Waals surface area (Å²) < 4.78 is 2.97. The highest BCUT2D eigenvalue weighted by Gasteiger charge is 2.16. The minimum Gasteiger partial charge on any atom is -0.351 e. The van der Waals surface area contributed by atoms with E-state index in [1.165, 1.54) is 22.0 Å². The molecule has 0 aliphatic rings. The fraction of sp³-hybridized carbons (Fsp3) is 0.294. The molecule has 136 valence electrons. The van der Waals surface area contributed by atoms with Gasteiger partial charge in [-0.3, -0.25) is 4.79 Å². The summed E-state index contributed by atoms with van der Waals surface area (Å²) in [6, 6.07) is 9.97. The number of aromatic nitrogens is 5. The number of nitrogen functional groups attached to an aromatic ring is 1. The maximum Gasteiger partial charge on any atom is 0.271 e. The Balaban J connectivity index is 1.57. The number of benzene rings is 1. The first-order valence-corrected chi connectivity index (χ1v) is 9.12. The Kier molecular flexibility index (Phi) is 5.27. The van der Waals surface area contributed by atoms with Crippen LogP contribution >= 0.6 is 11.8 Å². The van der Waals surface area contributed by atoms with Crippen LogP contribution in [0.5, 0.6) is 0 Å². The Hall–Kier alpha value is -2.81. The Morgan fingerprint density at radius 3 is 2.58 bits per heavy atom. The van der Waals surface area contributed by atoms with Crippen LogP contribution in [0.25, 0.3) is 5.95 Å². The minimum atomic E-state index is -0.0914. The standard InChI is InChI=1S/C17H21N7OS/c1-11-4-6-14(7-5-11)9-19-15(25)10-26-17-21-20-16(23(17)18)24-13(3)8-12(2)22-24/h4-8H,9-10,18H2,1-3H3,(H,19,25). The summed E-state index contributed by atoms with van der Waals surface area (Å²) in [4.78, 5) is 12.1. The summed E-state index contributed by atoms with van der Waals surface area (Å²) in [6.07, 6.45) is 0. The zero-order valence-corrected chi connectivity index (χ0v) is 15.7. The van der Waals surface area contributed by atoms with Crippen LogP contribution in [0, 0.1) is 20.8 Å². The Morgan fingerprint density at radius 2 is 1.92 bits per heavy atom. The first-order valence-electron chi connectivity index (χ1n) is 8.13. The van der Waals surface area contributed by atoms with Crippen LogP contribution in [0.15, 0.2) is 35.5 Å². The average molecular weight is 371 g/mol. The van der Waals surface area contributed by atoms with Gasteiger partial charge in [0.05, 0.1) is 11.4 Å². The van der Waals surface area contributed by atoms with Gasteiger partial charge in [-0.05, 0) is 32.4 Å². The second-order valence-electron chi connectivity index (χ2n) is 6.04. The zero-order chi connectivity index (χ0) is 18.7. The van der Waals surface area contributed by atoms with E-state index in [1.54, 1.807) is 4.68 Å². The molecule has 0 saturated carbocycles. The lowest BCUT2D eigenvalue weighted by atomic mass is 10.1. The second-order valence-corrected chi connectivity index (χ2v) is 6.98. The number of hydrogen-bond donors (Lipinski definition) is 2. The van der Waals surface area contributed by atoms with Gasteiger partial charge in [-0.15, -0.1) is 10.2 Å². The van der Waals surface area contributed by atoms with E-state index >= 15 is 0 Å². The van der Waals surface area contributed by atoms with E-state index in [2.05, 4.69) is 20.6 Å². The Morgan fingerprint density at radius 1 is 1.19 bits per heavy atom. The third kappa shape index (κ3) is 4.05. The highest BCUT2D eigenvalue weighted by molar-refractivity contribution is 7.99. The number of nitrogens with zero attached hydrogens (tertiary/aromatic N) is 5. The van der Waals surface area contributed by atoms with Gasteiger partial charge in [-0.25, -0.2) is 9.36 Å². The Bertz CT molecular complexity index is 914. The molecule has 2 heterocycles. The molecular formula is C17H21N7OS. The normalized spacial score (nSPS) is 10.9. The summed E-state index contributed by atoms with van der Waals surface area (Å²) >= 11 is 1.23. The van der Waals surface area contributed by atoms with E-state index in [0.29, 0.717) is 17.6 Å². The largest absolute Gasteiger partial charge is 0.351 e.